The minimum atomic E-state index is -1.67. The van der Waals surface area contributed by atoms with Gasteiger partial charge in [0.25, 0.3) is 11.8 Å². The predicted molar refractivity (Wildman–Crippen MR) is 81.9 cm³/mol. The molecule has 0 unspecified atom stereocenters. The fourth-order valence-corrected chi connectivity index (χ4v) is 2.54. The molecule has 1 aliphatic rings. The minimum Gasteiger partial charge on any atom is -0.484 e. The third-order valence-electron chi connectivity index (χ3n) is 3.54. The molecule has 1 aliphatic heterocycles. The number of ether oxygens (including phenoxy) is 1. The average molecular weight is 347 g/mol. The number of hydrogen-bond acceptors (Lipinski definition) is 4. The van der Waals surface area contributed by atoms with Crippen LogP contribution in [0.1, 0.15) is 12.8 Å². The maximum atomic E-state index is 12.1. The van der Waals surface area contributed by atoms with Crippen LogP contribution in [0.5, 0.6) is 5.75 Å². The number of aliphatic hydroxyl groups is 1. The van der Waals surface area contributed by atoms with Crippen LogP contribution in [0.3, 0.4) is 0 Å². The van der Waals surface area contributed by atoms with Crippen LogP contribution in [0.4, 0.5) is 0 Å². The Morgan fingerprint density at radius 2 is 2.09 bits per heavy atom. The number of hydrogen-bond donors (Lipinski definition) is 2. The molecule has 0 aliphatic carbocycles. The van der Waals surface area contributed by atoms with Crippen LogP contribution < -0.4 is 10.5 Å². The Balaban J connectivity index is 1.94. The van der Waals surface area contributed by atoms with Crippen LogP contribution in [0.25, 0.3) is 0 Å². The van der Waals surface area contributed by atoms with E-state index in [1.54, 1.807) is 12.1 Å². The molecule has 120 valence electrons. The number of amides is 2. The largest absolute Gasteiger partial charge is 0.484 e. The van der Waals surface area contributed by atoms with E-state index in [0.29, 0.717) is 28.8 Å². The van der Waals surface area contributed by atoms with Crippen LogP contribution in [0.2, 0.25) is 10.0 Å². The standard InChI is InChI=1S/C14H16Cl2N2O4/c15-10-3-2-9(6-11(10)16)22-7-12(19)18-5-1-4-14(21,8-18)13(17)20/h2-3,6,21H,1,4-5,7-8H2,(H2,17,20)/t14-/m1/s1. The van der Waals surface area contributed by atoms with Crippen LogP contribution in [-0.4, -0.2) is 47.1 Å². The molecule has 0 saturated carbocycles. The Bertz CT molecular complexity index is 596. The summed E-state index contributed by atoms with van der Waals surface area (Å²) in [5.74, 6) is -0.759. The van der Waals surface area contributed by atoms with Gasteiger partial charge in [0.05, 0.1) is 16.6 Å². The summed E-state index contributed by atoms with van der Waals surface area (Å²) in [6.07, 6.45) is 0.748. The number of carbonyl (C=O) groups excluding carboxylic acids is 2. The Morgan fingerprint density at radius 3 is 2.73 bits per heavy atom. The van der Waals surface area contributed by atoms with Crippen LogP contribution in [-0.2, 0) is 9.59 Å². The van der Waals surface area contributed by atoms with Gasteiger partial charge in [0, 0.05) is 12.6 Å². The maximum Gasteiger partial charge on any atom is 0.260 e. The number of nitrogens with two attached hydrogens (primary N) is 1. The number of benzene rings is 1. The van der Waals surface area contributed by atoms with Crippen molar-refractivity contribution >= 4 is 35.0 Å². The summed E-state index contributed by atoms with van der Waals surface area (Å²) in [6, 6.07) is 4.67. The van der Waals surface area contributed by atoms with Crippen molar-refractivity contribution in [2.45, 2.75) is 18.4 Å². The second kappa shape index (κ2) is 6.73. The van der Waals surface area contributed by atoms with E-state index in [1.807, 2.05) is 0 Å². The number of likely N-dealkylation sites (tertiary alicyclic amines) is 1. The average Bonchev–Trinajstić information content (AvgIpc) is 2.48. The molecule has 0 radical (unpaired) electrons. The first-order valence-electron chi connectivity index (χ1n) is 6.70. The molecule has 1 fully saturated rings. The Labute approximate surface area is 137 Å². The highest BCUT2D eigenvalue weighted by molar-refractivity contribution is 6.42. The van der Waals surface area contributed by atoms with Crippen molar-refractivity contribution in [2.75, 3.05) is 19.7 Å². The molecule has 8 heteroatoms. The molecule has 2 rings (SSSR count). The summed E-state index contributed by atoms with van der Waals surface area (Å²) < 4.78 is 5.35. The predicted octanol–water partition coefficient (Wildman–Crippen LogP) is 1.21. The molecule has 0 bridgehead atoms. The van der Waals surface area contributed by atoms with Crippen molar-refractivity contribution in [1.82, 2.24) is 4.90 Å². The van der Waals surface area contributed by atoms with E-state index in [1.165, 1.54) is 11.0 Å². The second-order valence-electron chi connectivity index (χ2n) is 5.18. The van der Waals surface area contributed by atoms with Crippen LogP contribution in [0.15, 0.2) is 18.2 Å². The molecule has 1 aromatic carbocycles. The monoisotopic (exact) mass is 346 g/mol. The molecule has 1 atom stereocenters. The van der Waals surface area contributed by atoms with Crippen LogP contribution in [0, 0.1) is 0 Å². The second-order valence-corrected chi connectivity index (χ2v) is 5.99. The molecule has 1 heterocycles. The van der Waals surface area contributed by atoms with Crippen molar-refractivity contribution in [1.29, 1.82) is 0 Å². The summed E-state index contributed by atoms with van der Waals surface area (Å²) in [5.41, 5.74) is 3.51. The number of halogens is 2. The number of piperidine rings is 1. The van der Waals surface area contributed by atoms with Gasteiger partial charge in [0.2, 0.25) is 0 Å². The van der Waals surface area contributed by atoms with Crippen molar-refractivity contribution in [2.24, 2.45) is 5.73 Å². The Hall–Kier alpha value is -1.50. The highest BCUT2D eigenvalue weighted by Gasteiger charge is 2.40. The highest BCUT2D eigenvalue weighted by Crippen LogP contribution is 2.26. The van der Waals surface area contributed by atoms with E-state index in [4.69, 9.17) is 33.7 Å². The lowest BCUT2D eigenvalue weighted by atomic mass is 9.92. The highest BCUT2D eigenvalue weighted by atomic mass is 35.5. The molecular formula is C14H16Cl2N2O4. The van der Waals surface area contributed by atoms with E-state index >= 15 is 0 Å². The lowest BCUT2D eigenvalue weighted by Gasteiger charge is -2.36. The fraction of sp³-hybridized carbons (Fsp3) is 0.429. The first-order valence-corrected chi connectivity index (χ1v) is 7.45. The summed E-state index contributed by atoms with van der Waals surface area (Å²) in [5, 5.41) is 10.8. The van der Waals surface area contributed by atoms with Gasteiger partial charge >= 0.3 is 0 Å². The fourth-order valence-electron chi connectivity index (χ4n) is 2.25. The molecule has 0 aromatic heterocycles. The van der Waals surface area contributed by atoms with Crippen molar-refractivity contribution < 1.29 is 19.4 Å². The number of rotatable bonds is 4. The van der Waals surface area contributed by atoms with E-state index < -0.39 is 11.5 Å². The van der Waals surface area contributed by atoms with E-state index in [-0.39, 0.29) is 25.5 Å². The van der Waals surface area contributed by atoms with Gasteiger partial charge in [0.1, 0.15) is 5.75 Å². The SMILES string of the molecule is NC(=O)[C@@]1(O)CCCN(C(=O)COc2ccc(Cl)c(Cl)c2)C1. The van der Waals surface area contributed by atoms with Gasteiger partial charge in [-0.25, -0.2) is 0 Å². The molecule has 0 spiro atoms. The lowest BCUT2D eigenvalue weighted by Crippen LogP contribution is -2.57. The molecule has 1 aromatic rings. The summed E-state index contributed by atoms with van der Waals surface area (Å²) in [4.78, 5) is 24.7. The molecule has 2 amide bonds. The minimum absolute atomic E-state index is 0.119. The molecule has 22 heavy (non-hydrogen) atoms. The number of nitrogens with zero attached hydrogens (tertiary/aromatic N) is 1. The normalized spacial score (nSPS) is 21.5. The van der Waals surface area contributed by atoms with E-state index in [2.05, 4.69) is 0 Å². The van der Waals surface area contributed by atoms with Gasteiger partial charge in [0.15, 0.2) is 12.2 Å². The summed E-state index contributed by atoms with van der Waals surface area (Å²) >= 11 is 11.7. The van der Waals surface area contributed by atoms with Gasteiger partial charge < -0.3 is 20.5 Å². The quantitative estimate of drug-likeness (QED) is 0.856. The first kappa shape index (κ1) is 16.9. The molecular weight excluding hydrogens is 331 g/mol. The number of carbonyl (C=O) groups is 2. The van der Waals surface area contributed by atoms with Crippen molar-refractivity contribution in [3.05, 3.63) is 28.2 Å². The Morgan fingerprint density at radius 1 is 1.36 bits per heavy atom. The maximum absolute atomic E-state index is 12.1. The summed E-state index contributed by atoms with van der Waals surface area (Å²) in [7, 11) is 0. The van der Waals surface area contributed by atoms with Gasteiger partial charge in [-0.2, -0.15) is 0 Å². The zero-order chi connectivity index (χ0) is 16.3. The third kappa shape index (κ3) is 3.82. The number of β-amino-alcohol motifs (C(OH)–C–C–N with tert-alkyl or cyclic N) is 1. The van der Waals surface area contributed by atoms with Crippen molar-refractivity contribution in [3.63, 3.8) is 0 Å². The zero-order valence-electron chi connectivity index (χ0n) is 11.7. The van der Waals surface area contributed by atoms with Gasteiger partial charge in [-0.15, -0.1) is 0 Å². The van der Waals surface area contributed by atoms with E-state index in [0.717, 1.165) is 0 Å². The van der Waals surface area contributed by atoms with Gasteiger partial charge in [-0.05, 0) is 25.0 Å². The Kier molecular flexibility index (Phi) is 5.16. The number of primary amides is 1. The third-order valence-corrected chi connectivity index (χ3v) is 4.27. The molecule has 6 nitrogen and oxygen atoms in total. The van der Waals surface area contributed by atoms with Gasteiger partial charge in [-0.1, -0.05) is 23.2 Å². The molecule has 3 N–H and O–H groups in total. The topological polar surface area (TPSA) is 92.9 Å². The first-order chi connectivity index (χ1) is 10.3. The lowest BCUT2D eigenvalue weighted by molar-refractivity contribution is -0.150. The van der Waals surface area contributed by atoms with Crippen LogP contribution >= 0.6 is 23.2 Å². The van der Waals surface area contributed by atoms with E-state index in [9.17, 15) is 14.7 Å². The van der Waals surface area contributed by atoms with Crippen molar-refractivity contribution in [3.8, 4) is 5.75 Å². The summed E-state index contributed by atoms with van der Waals surface area (Å²) in [6.45, 7) is 0.0951. The zero-order valence-corrected chi connectivity index (χ0v) is 13.2. The molecule has 1 saturated heterocycles. The smallest absolute Gasteiger partial charge is 0.260 e. The van der Waals surface area contributed by atoms with Gasteiger partial charge in [-0.3, -0.25) is 9.59 Å².